The van der Waals surface area contributed by atoms with Crippen LogP contribution in [0.5, 0.6) is 0 Å². The first kappa shape index (κ1) is 21.4. The van der Waals surface area contributed by atoms with Crippen LogP contribution >= 0.6 is 39.1 Å². The quantitative estimate of drug-likeness (QED) is 0.452. The first-order valence-corrected chi connectivity index (χ1v) is 11.3. The molecule has 4 rings (SSSR count). The molecule has 1 N–H and O–H groups in total. The lowest BCUT2D eigenvalue weighted by Crippen LogP contribution is -2.28. The van der Waals surface area contributed by atoms with Gasteiger partial charge in [-0.1, -0.05) is 35.7 Å². The molecule has 0 saturated carbocycles. The zero-order chi connectivity index (χ0) is 21.1. The molecule has 1 saturated heterocycles. The van der Waals surface area contributed by atoms with E-state index < -0.39 is 0 Å². The van der Waals surface area contributed by atoms with Gasteiger partial charge in [-0.2, -0.15) is 5.10 Å². The van der Waals surface area contributed by atoms with Crippen molar-refractivity contribution in [1.29, 1.82) is 0 Å². The van der Waals surface area contributed by atoms with Crippen molar-refractivity contribution < 1.29 is 9.21 Å². The maximum absolute atomic E-state index is 12.6. The Morgan fingerprint density at radius 2 is 1.93 bits per heavy atom. The Morgan fingerprint density at radius 1 is 1.13 bits per heavy atom. The summed E-state index contributed by atoms with van der Waals surface area (Å²) in [5.41, 5.74) is 0.877. The smallest absolute Gasteiger partial charge is 0.292 e. The number of carbonyl (C=O) groups excluding carboxylic acids is 1. The molecule has 6 nitrogen and oxygen atoms in total. The summed E-state index contributed by atoms with van der Waals surface area (Å²) >= 11 is 15.6. The lowest BCUT2D eigenvalue weighted by Gasteiger charge is -2.25. The maximum atomic E-state index is 12.6. The van der Waals surface area contributed by atoms with Crippen molar-refractivity contribution in [3.63, 3.8) is 0 Å². The normalized spacial score (nSPS) is 14.8. The Hall–Kier alpha value is -1.80. The molecule has 0 bridgehead atoms. The minimum absolute atomic E-state index is 0.268. The summed E-state index contributed by atoms with van der Waals surface area (Å²) in [7, 11) is 0. The van der Waals surface area contributed by atoms with Gasteiger partial charge in [-0.25, -0.2) is 0 Å². The molecule has 1 amide bonds. The zero-order valence-electron chi connectivity index (χ0n) is 16.2. The SMILES string of the molecule is O=C(Nc1nn(Cc2ccc(Cl)cc2Cl)cc1Br)c1ccc(CN2CCCCC2)o1. The summed E-state index contributed by atoms with van der Waals surface area (Å²) in [5.74, 6) is 1.14. The fourth-order valence-electron chi connectivity index (χ4n) is 3.48. The van der Waals surface area contributed by atoms with Gasteiger partial charge >= 0.3 is 0 Å². The lowest BCUT2D eigenvalue weighted by atomic mass is 10.1. The molecular formula is C21H21BrCl2N4O2. The van der Waals surface area contributed by atoms with Crippen LogP contribution < -0.4 is 5.32 Å². The highest BCUT2D eigenvalue weighted by Gasteiger charge is 2.18. The average molecular weight is 512 g/mol. The average Bonchev–Trinajstić information content (AvgIpc) is 3.32. The minimum Gasteiger partial charge on any atom is -0.455 e. The van der Waals surface area contributed by atoms with E-state index in [0.29, 0.717) is 26.9 Å². The third-order valence-corrected chi connectivity index (χ3v) is 6.18. The summed E-state index contributed by atoms with van der Waals surface area (Å²) in [6.45, 7) is 3.33. The number of hydrogen-bond acceptors (Lipinski definition) is 4. The van der Waals surface area contributed by atoms with E-state index in [0.717, 1.165) is 31.0 Å². The number of piperidine rings is 1. The number of anilines is 1. The van der Waals surface area contributed by atoms with Gasteiger partial charge in [0.05, 0.1) is 17.6 Å². The first-order chi connectivity index (χ1) is 14.5. The number of halogens is 3. The molecular weight excluding hydrogens is 491 g/mol. The molecule has 3 heterocycles. The molecule has 9 heteroatoms. The van der Waals surface area contributed by atoms with Gasteiger partial charge < -0.3 is 9.73 Å². The van der Waals surface area contributed by atoms with Crippen LogP contribution in [0.3, 0.4) is 0 Å². The topological polar surface area (TPSA) is 63.3 Å². The molecule has 1 aliphatic heterocycles. The fourth-order valence-corrected chi connectivity index (χ4v) is 4.36. The monoisotopic (exact) mass is 510 g/mol. The Kier molecular flexibility index (Phi) is 6.83. The van der Waals surface area contributed by atoms with E-state index >= 15 is 0 Å². The number of furan rings is 1. The molecule has 1 aromatic carbocycles. The van der Waals surface area contributed by atoms with Gasteiger partial charge in [0.15, 0.2) is 11.6 Å². The molecule has 0 aliphatic carbocycles. The zero-order valence-corrected chi connectivity index (χ0v) is 19.3. The lowest BCUT2D eigenvalue weighted by molar-refractivity contribution is 0.0991. The van der Waals surface area contributed by atoms with Crippen molar-refractivity contribution in [1.82, 2.24) is 14.7 Å². The fraction of sp³-hybridized carbons (Fsp3) is 0.333. The van der Waals surface area contributed by atoms with Crippen LogP contribution in [0.25, 0.3) is 0 Å². The second kappa shape index (κ2) is 9.56. The number of aromatic nitrogens is 2. The molecule has 30 heavy (non-hydrogen) atoms. The number of hydrogen-bond donors (Lipinski definition) is 1. The molecule has 1 aliphatic rings. The van der Waals surface area contributed by atoms with Gasteiger partial charge in [0, 0.05) is 16.2 Å². The number of benzene rings is 1. The van der Waals surface area contributed by atoms with E-state index in [1.165, 1.54) is 19.3 Å². The van der Waals surface area contributed by atoms with Crippen LogP contribution in [0.1, 0.15) is 41.1 Å². The molecule has 3 aromatic rings. The second-order valence-corrected chi connectivity index (χ2v) is 9.01. The number of nitrogens with one attached hydrogen (secondary N) is 1. The van der Waals surface area contributed by atoms with Crippen LogP contribution in [0.15, 0.2) is 45.4 Å². The van der Waals surface area contributed by atoms with Crippen molar-refractivity contribution in [2.24, 2.45) is 0 Å². The van der Waals surface area contributed by atoms with Gasteiger partial charge in [0.1, 0.15) is 5.76 Å². The van der Waals surface area contributed by atoms with Gasteiger partial charge in [-0.15, -0.1) is 0 Å². The summed E-state index contributed by atoms with van der Waals surface area (Å²) < 4.78 is 8.12. The predicted octanol–water partition coefficient (Wildman–Crippen LogP) is 5.83. The molecule has 2 aromatic heterocycles. The minimum atomic E-state index is -0.338. The van der Waals surface area contributed by atoms with Gasteiger partial charge in [0.2, 0.25) is 0 Å². The van der Waals surface area contributed by atoms with E-state index in [1.807, 2.05) is 12.1 Å². The highest BCUT2D eigenvalue weighted by Crippen LogP contribution is 2.25. The van der Waals surface area contributed by atoms with Crippen molar-refractivity contribution in [3.05, 3.63) is 68.1 Å². The second-order valence-electron chi connectivity index (χ2n) is 7.32. The molecule has 0 unspecified atom stereocenters. The van der Waals surface area contributed by atoms with Crippen molar-refractivity contribution in [2.75, 3.05) is 18.4 Å². The number of rotatable bonds is 6. The van der Waals surface area contributed by atoms with Crippen LogP contribution in [0.4, 0.5) is 5.82 Å². The highest BCUT2D eigenvalue weighted by molar-refractivity contribution is 9.10. The Morgan fingerprint density at radius 3 is 2.70 bits per heavy atom. The van der Waals surface area contributed by atoms with Crippen LogP contribution in [0, 0.1) is 0 Å². The molecule has 1 fully saturated rings. The summed E-state index contributed by atoms with van der Waals surface area (Å²) in [6, 6.07) is 8.89. The number of nitrogens with zero attached hydrogens (tertiary/aromatic N) is 3. The van der Waals surface area contributed by atoms with E-state index in [1.54, 1.807) is 29.1 Å². The summed E-state index contributed by atoms with van der Waals surface area (Å²) in [6.07, 6.45) is 5.50. The van der Waals surface area contributed by atoms with E-state index in [2.05, 4.69) is 31.2 Å². The molecule has 158 valence electrons. The Balaban J connectivity index is 1.40. The molecule has 0 spiro atoms. The number of carbonyl (C=O) groups is 1. The largest absolute Gasteiger partial charge is 0.455 e. The van der Waals surface area contributed by atoms with Gasteiger partial charge in [-0.05, 0) is 71.7 Å². The van der Waals surface area contributed by atoms with Crippen molar-refractivity contribution in [2.45, 2.75) is 32.4 Å². The van der Waals surface area contributed by atoms with E-state index in [4.69, 9.17) is 27.6 Å². The molecule has 0 radical (unpaired) electrons. The Labute approximate surface area is 193 Å². The van der Waals surface area contributed by atoms with E-state index in [9.17, 15) is 4.79 Å². The first-order valence-electron chi connectivity index (χ1n) is 9.77. The number of amides is 1. The third-order valence-electron chi connectivity index (χ3n) is 5.01. The maximum Gasteiger partial charge on any atom is 0.292 e. The van der Waals surface area contributed by atoms with Crippen molar-refractivity contribution >= 4 is 50.9 Å². The van der Waals surface area contributed by atoms with Gasteiger partial charge in [0.25, 0.3) is 5.91 Å². The van der Waals surface area contributed by atoms with Crippen molar-refractivity contribution in [3.8, 4) is 0 Å². The summed E-state index contributed by atoms with van der Waals surface area (Å²) in [4.78, 5) is 15.0. The summed E-state index contributed by atoms with van der Waals surface area (Å²) in [5, 5.41) is 8.37. The van der Waals surface area contributed by atoms with Crippen LogP contribution in [0.2, 0.25) is 10.0 Å². The van der Waals surface area contributed by atoms with Crippen LogP contribution in [-0.4, -0.2) is 33.7 Å². The standard InChI is InChI=1S/C21H21BrCl2N4O2/c22-17-13-28(11-14-4-5-15(23)10-18(14)24)26-20(17)25-21(29)19-7-6-16(30-19)12-27-8-2-1-3-9-27/h4-7,10,13H,1-3,8-9,11-12H2,(H,25,26,29). The Bertz CT molecular complexity index is 1040. The van der Waals surface area contributed by atoms with Crippen LogP contribution in [-0.2, 0) is 13.1 Å². The third kappa shape index (κ3) is 5.27. The van der Waals surface area contributed by atoms with Gasteiger partial charge in [-0.3, -0.25) is 14.4 Å². The number of likely N-dealkylation sites (tertiary alicyclic amines) is 1. The molecule has 0 atom stereocenters. The highest BCUT2D eigenvalue weighted by atomic mass is 79.9. The van der Waals surface area contributed by atoms with E-state index in [-0.39, 0.29) is 11.7 Å². The predicted molar refractivity (Wildman–Crippen MR) is 121 cm³/mol.